The Labute approximate surface area is 127 Å². The molecule has 4 heteroatoms. The van der Waals surface area contributed by atoms with Gasteiger partial charge in [0.15, 0.2) is 0 Å². The highest BCUT2D eigenvalue weighted by Crippen LogP contribution is 2.33. The van der Waals surface area contributed by atoms with Crippen LogP contribution in [0, 0.1) is 11.3 Å². The molecular formula is C15H14BrClN2. The van der Waals surface area contributed by atoms with E-state index in [0.29, 0.717) is 0 Å². The average Bonchev–Trinajstić information content (AvgIpc) is 2.91. The summed E-state index contributed by atoms with van der Waals surface area (Å²) in [5.74, 6) is 0. The Kier molecular flexibility index (Phi) is 4.34. The number of hydrogen-bond donors (Lipinski definition) is 0. The van der Waals surface area contributed by atoms with E-state index in [1.54, 1.807) is 0 Å². The van der Waals surface area contributed by atoms with Gasteiger partial charge in [-0.1, -0.05) is 22.0 Å². The smallest absolute Gasteiger partial charge is 0.0998 e. The lowest BCUT2D eigenvalue weighted by Gasteiger charge is -2.20. The van der Waals surface area contributed by atoms with Gasteiger partial charge in [-0.2, -0.15) is 5.26 Å². The SMILES string of the molecule is Cl.N#Cc1ccc(N2CCCC2)c2cc(Br)ccc12. The lowest BCUT2D eigenvalue weighted by atomic mass is 10.0. The predicted molar refractivity (Wildman–Crippen MR) is 85.1 cm³/mol. The summed E-state index contributed by atoms with van der Waals surface area (Å²) >= 11 is 3.52. The molecule has 1 heterocycles. The van der Waals surface area contributed by atoms with Gasteiger partial charge in [0.25, 0.3) is 0 Å². The van der Waals surface area contributed by atoms with Crippen LogP contribution in [0.1, 0.15) is 18.4 Å². The third-order valence-corrected chi connectivity index (χ3v) is 4.02. The molecule has 0 unspecified atom stereocenters. The second-order valence-corrected chi connectivity index (χ2v) is 5.54. The Morgan fingerprint density at radius 3 is 2.47 bits per heavy atom. The van der Waals surface area contributed by atoms with Gasteiger partial charge in [0.2, 0.25) is 0 Å². The summed E-state index contributed by atoms with van der Waals surface area (Å²) in [6.07, 6.45) is 2.52. The fourth-order valence-corrected chi connectivity index (χ4v) is 3.00. The number of halogens is 2. The quantitative estimate of drug-likeness (QED) is 0.766. The standard InChI is InChI=1S/C15H13BrN2.ClH/c16-12-4-5-13-11(10-17)3-6-15(14(13)9-12)18-7-1-2-8-18;/h3-6,9H,1-2,7-8H2;1H. The van der Waals surface area contributed by atoms with Crippen molar-refractivity contribution < 1.29 is 0 Å². The molecule has 0 N–H and O–H groups in total. The largest absolute Gasteiger partial charge is 0.371 e. The highest BCUT2D eigenvalue weighted by molar-refractivity contribution is 9.10. The summed E-state index contributed by atoms with van der Waals surface area (Å²) in [7, 11) is 0. The summed E-state index contributed by atoms with van der Waals surface area (Å²) in [6.45, 7) is 2.24. The van der Waals surface area contributed by atoms with Crippen molar-refractivity contribution in [2.45, 2.75) is 12.8 Å². The first-order chi connectivity index (χ1) is 8.79. The maximum absolute atomic E-state index is 9.19. The molecule has 0 atom stereocenters. The Morgan fingerprint density at radius 2 is 1.79 bits per heavy atom. The van der Waals surface area contributed by atoms with E-state index >= 15 is 0 Å². The third-order valence-electron chi connectivity index (χ3n) is 3.52. The number of nitrogens with zero attached hydrogens (tertiary/aromatic N) is 2. The molecule has 98 valence electrons. The van der Waals surface area contributed by atoms with Crippen LogP contribution in [-0.4, -0.2) is 13.1 Å². The summed E-state index contributed by atoms with van der Waals surface area (Å²) in [5, 5.41) is 11.4. The maximum Gasteiger partial charge on any atom is 0.0998 e. The molecule has 1 saturated heterocycles. The van der Waals surface area contributed by atoms with Crippen LogP contribution in [0.3, 0.4) is 0 Å². The van der Waals surface area contributed by atoms with Gasteiger partial charge in [-0.3, -0.25) is 0 Å². The van der Waals surface area contributed by atoms with Gasteiger partial charge in [-0.15, -0.1) is 12.4 Å². The van der Waals surface area contributed by atoms with Gasteiger partial charge < -0.3 is 4.90 Å². The summed E-state index contributed by atoms with van der Waals surface area (Å²) in [4.78, 5) is 2.41. The number of benzene rings is 2. The Morgan fingerprint density at radius 1 is 1.05 bits per heavy atom. The second kappa shape index (κ2) is 5.81. The molecule has 0 saturated carbocycles. The van der Waals surface area contributed by atoms with E-state index in [2.05, 4.69) is 39.0 Å². The molecule has 0 radical (unpaired) electrons. The monoisotopic (exact) mass is 336 g/mol. The first-order valence-corrected chi connectivity index (χ1v) is 6.96. The zero-order chi connectivity index (χ0) is 12.5. The molecule has 2 nitrogen and oxygen atoms in total. The van der Waals surface area contributed by atoms with Gasteiger partial charge in [-0.25, -0.2) is 0 Å². The Hall–Kier alpha value is -1.24. The zero-order valence-corrected chi connectivity index (χ0v) is 12.8. The molecule has 1 aliphatic heterocycles. The fraction of sp³-hybridized carbons (Fsp3) is 0.267. The van der Waals surface area contributed by atoms with E-state index in [-0.39, 0.29) is 12.4 Å². The first-order valence-electron chi connectivity index (χ1n) is 6.17. The van der Waals surface area contributed by atoms with Crippen LogP contribution in [0.25, 0.3) is 10.8 Å². The average molecular weight is 338 g/mol. The van der Waals surface area contributed by atoms with E-state index in [1.165, 1.54) is 23.9 Å². The molecule has 3 rings (SSSR count). The van der Waals surface area contributed by atoms with E-state index in [0.717, 1.165) is 28.5 Å². The topological polar surface area (TPSA) is 27.0 Å². The van der Waals surface area contributed by atoms with E-state index in [1.807, 2.05) is 18.2 Å². The highest BCUT2D eigenvalue weighted by atomic mass is 79.9. The van der Waals surface area contributed by atoms with Crippen LogP contribution in [0.2, 0.25) is 0 Å². The summed E-state index contributed by atoms with van der Waals surface area (Å²) < 4.78 is 1.06. The Balaban J connectivity index is 0.00000133. The van der Waals surface area contributed by atoms with Crippen LogP contribution in [0.4, 0.5) is 5.69 Å². The number of hydrogen-bond acceptors (Lipinski definition) is 2. The summed E-state index contributed by atoms with van der Waals surface area (Å²) in [6, 6.07) is 12.4. The lowest BCUT2D eigenvalue weighted by Crippen LogP contribution is -2.17. The minimum atomic E-state index is 0. The predicted octanol–water partition coefficient (Wildman–Crippen LogP) is 4.50. The van der Waals surface area contributed by atoms with Crippen molar-refractivity contribution in [3.63, 3.8) is 0 Å². The van der Waals surface area contributed by atoms with Crippen LogP contribution < -0.4 is 4.90 Å². The molecule has 0 aromatic heterocycles. The summed E-state index contributed by atoms with van der Waals surface area (Å²) in [5.41, 5.74) is 2.00. The molecule has 0 aliphatic carbocycles. The van der Waals surface area contributed by atoms with E-state index in [9.17, 15) is 5.26 Å². The van der Waals surface area contributed by atoms with Gasteiger partial charge >= 0.3 is 0 Å². The third kappa shape index (κ3) is 2.56. The van der Waals surface area contributed by atoms with Crippen molar-refractivity contribution in [2.75, 3.05) is 18.0 Å². The molecule has 2 aromatic carbocycles. The molecule has 1 fully saturated rings. The minimum Gasteiger partial charge on any atom is -0.371 e. The van der Waals surface area contributed by atoms with Crippen molar-refractivity contribution in [2.24, 2.45) is 0 Å². The molecule has 0 spiro atoms. The minimum absolute atomic E-state index is 0. The molecule has 2 aromatic rings. The lowest BCUT2D eigenvalue weighted by molar-refractivity contribution is 0.949. The van der Waals surface area contributed by atoms with Crippen LogP contribution in [0.15, 0.2) is 34.8 Å². The molecule has 0 amide bonds. The number of fused-ring (bicyclic) bond motifs is 1. The van der Waals surface area contributed by atoms with Gasteiger partial charge in [0.05, 0.1) is 11.6 Å². The van der Waals surface area contributed by atoms with Crippen molar-refractivity contribution >= 4 is 44.8 Å². The fourth-order valence-electron chi connectivity index (χ4n) is 2.64. The van der Waals surface area contributed by atoms with E-state index in [4.69, 9.17) is 0 Å². The highest BCUT2D eigenvalue weighted by Gasteiger charge is 2.16. The maximum atomic E-state index is 9.19. The van der Waals surface area contributed by atoms with Crippen LogP contribution >= 0.6 is 28.3 Å². The van der Waals surface area contributed by atoms with Crippen LogP contribution in [-0.2, 0) is 0 Å². The van der Waals surface area contributed by atoms with Crippen molar-refractivity contribution in [3.05, 3.63) is 40.4 Å². The van der Waals surface area contributed by atoms with Crippen molar-refractivity contribution in [3.8, 4) is 6.07 Å². The number of nitriles is 1. The normalized spacial score (nSPS) is 14.2. The van der Waals surface area contributed by atoms with Gasteiger partial charge in [0, 0.05) is 34.0 Å². The molecule has 19 heavy (non-hydrogen) atoms. The molecule has 1 aliphatic rings. The Bertz CT molecular complexity index is 642. The van der Waals surface area contributed by atoms with Crippen LogP contribution in [0.5, 0.6) is 0 Å². The molecule has 0 bridgehead atoms. The second-order valence-electron chi connectivity index (χ2n) is 4.63. The van der Waals surface area contributed by atoms with Gasteiger partial charge in [0.1, 0.15) is 0 Å². The number of anilines is 1. The first kappa shape index (κ1) is 14.2. The van der Waals surface area contributed by atoms with Gasteiger partial charge in [-0.05, 0) is 37.1 Å². The molecular weight excluding hydrogens is 324 g/mol. The van der Waals surface area contributed by atoms with Crippen molar-refractivity contribution in [1.82, 2.24) is 0 Å². The van der Waals surface area contributed by atoms with E-state index < -0.39 is 0 Å². The zero-order valence-electron chi connectivity index (χ0n) is 10.4. The van der Waals surface area contributed by atoms with Crippen molar-refractivity contribution in [1.29, 1.82) is 5.26 Å². The number of rotatable bonds is 1.